The van der Waals surface area contributed by atoms with Gasteiger partial charge in [0, 0.05) is 19.0 Å². The highest BCUT2D eigenvalue weighted by Crippen LogP contribution is 2.25. The summed E-state index contributed by atoms with van der Waals surface area (Å²) in [7, 11) is 1.50. The molecule has 1 N–H and O–H groups in total. The van der Waals surface area contributed by atoms with Crippen LogP contribution >= 0.6 is 0 Å². The molecule has 0 aliphatic rings. The van der Waals surface area contributed by atoms with Crippen LogP contribution in [-0.2, 0) is 14.3 Å². The second kappa shape index (κ2) is 8.14. The fourth-order valence-electron chi connectivity index (χ4n) is 2.21. The van der Waals surface area contributed by atoms with E-state index in [4.69, 9.17) is 14.6 Å². The van der Waals surface area contributed by atoms with Gasteiger partial charge in [-0.25, -0.2) is 0 Å². The molecule has 0 spiro atoms. The molecule has 0 fully saturated rings. The Kier molecular flexibility index (Phi) is 5.94. The van der Waals surface area contributed by atoms with Crippen LogP contribution in [0.15, 0.2) is 42.5 Å². The highest BCUT2D eigenvalue weighted by molar-refractivity contribution is 5.89. The van der Waals surface area contributed by atoms with Crippen LogP contribution in [0, 0.1) is 0 Å². The molecule has 0 aliphatic heterocycles. The molecule has 0 radical (unpaired) electrons. The molecular weight excluding hydrogens is 298 g/mol. The van der Waals surface area contributed by atoms with E-state index in [-0.39, 0.29) is 26.3 Å². The van der Waals surface area contributed by atoms with Crippen molar-refractivity contribution in [3.05, 3.63) is 42.5 Å². The molecule has 0 saturated heterocycles. The molecule has 6 nitrogen and oxygen atoms in total. The maximum atomic E-state index is 12.2. The molecular formula is C17H19NO5. The number of rotatable bonds is 8. The molecule has 0 aliphatic carbocycles. The van der Waals surface area contributed by atoms with E-state index < -0.39 is 11.9 Å². The third kappa shape index (κ3) is 4.69. The number of aliphatic carboxylic acids is 1. The normalized spacial score (nSPS) is 10.5. The lowest BCUT2D eigenvalue weighted by atomic mass is 10.1. The minimum Gasteiger partial charge on any atom is -0.483 e. The van der Waals surface area contributed by atoms with Crippen LogP contribution in [0.25, 0.3) is 10.8 Å². The lowest BCUT2D eigenvalue weighted by Gasteiger charge is -2.20. The summed E-state index contributed by atoms with van der Waals surface area (Å²) in [5.41, 5.74) is 0. The number of hydrogen-bond donors (Lipinski definition) is 1. The molecule has 6 heteroatoms. The maximum Gasteiger partial charge on any atom is 0.323 e. The second-order valence-electron chi connectivity index (χ2n) is 4.97. The predicted octanol–water partition coefficient (Wildman–Crippen LogP) is 1.78. The van der Waals surface area contributed by atoms with E-state index in [2.05, 4.69) is 0 Å². The van der Waals surface area contributed by atoms with Crippen LogP contribution in [-0.4, -0.2) is 55.3 Å². The number of carboxylic acids is 1. The van der Waals surface area contributed by atoms with Gasteiger partial charge < -0.3 is 19.5 Å². The summed E-state index contributed by atoms with van der Waals surface area (Å²) in [4.78, 5) is 24.2. The molecule has 0 heterocycles. The average Bonchev–Trinajstić information content (AvgIpc) is 2.56. The van der Waals surface area contributed by atoms with Crippen LogP contribution in [0.4, 0.5) is 0 Å². The maximum absolute atomic E-state index is 12.2. The van der Waals surface area contributed by atoms with Crippen molar-refractivity contribution in [2.45, 2.75) is 0 Å². The Morgan fingerprint density at radius 1 is 1.13 bits per heavy atom. The monoisotopic (exact) mass is 317 g/mol. The molecule has 0 bridgehead atoms. The number of carbonyl (C=O) groups excluding carboxylic acids is 1. The topological polar surface area (TPSA) is 76.1 Å². The largest absolute Gasteiger partial charge is 0.483 e. The minimum absolute atomic E-state index is 0.209. The van der Waals surface area contributed by atoms with Gasteiger partial charge in [-0.1, -0.05) is 36.4 Å². The number of carbonyl (C=O) groups is 2. The molecule has 2 aromatic carbocycles. The standard InChI is InChI=1S/C17H19NO5/c1-22-10-9-18(11-17(20)21)16(19)12-23-15-8-4-6-13-5-2-3-7-14(13)15/h2-8H,9-12H2,1H3,(H,20,21). The van der Waals surface area contributed by atoms with Crippen LogP contribution < -0.4 is 4.74 Å². The van der Waals surface area contributed by atoms with Crippen molar-refractivity contribution < 1.29 is 24.2 Å². The van der Waals surface area contributed by atoms with Gasteiger partial charge in [-0.3, -0.25) is 9.59 Å². The van der Waals surface area contributed by atoms with Crippen LogP contribution in [0.2, 0.25) is 0 Å². The third-order valence-corrected chi connectivity index (χ3v) is 3.34. The van der Waals surface area contributed by atoms with E-state index in [1.807, 2.05) is 36.4 Å². The summed E-state index contributed by atoms with van der Waals surface area (Å²) in [5.74, 6) is -0.865. The SMILES string of the molecule is COCCN(CC(=O)O)C(=O)COc1cccc2ccccc12. The second-order valence-corrected chi connectivity index (χ2v) is 4.97. The first-order chi connectivity index (χ1) is 11.1. The van der Waals surface area contributed by atoms with E-state index in [9.17, 15) is 9.59 Å². The van der Waals surface area contributed by atoms with E-state index in [0.29, 0.717) is 5.75 Å². The predicted molar refractivity (Wildman–Crippen MR) is 85.5 cm³/mol. The number of methoxy groups -OCH3 is 1. The van der Waals surface area contributed by atoms with Crippen LogP contribution in [0.1, 0.15) is 0 Å². The number of hydrogen-bond acceptors (Lipinski definition) is 4. The van der Waals surface area contributed by atoms with Gasteiger partial charge in [0.25, 0.3) is 5.91 Å². The summed E-state index contributed by atoms with van der Waals surface area (Å²) in [5, 5.41) is 10.8. The van der Waals surface area contributed by atoms with E-state index >= 15 is 0 Å². The number of nitrogens with zero attached hydrogens (tertiary/aromatic N) is 1. The van der Waals surface area contributed by atoms with Crippen molar-refractivity contribution in [1.82, 2.24) is 4.90 Å². The van der Waals surface area contributed by atoms with Gasteiger partial charge in [-0.15, -0.1) is 0 Å². The van der Waals surface area contributed by atoms with Crippen molar-refractivity contribution in [2.24, 2.45) is 0 Å². The third-order valence-electron chi connectivity index (χ3n) is 3.34. The van der Waals surface area contributed by atoms with Gasteiger partial charge in [0.15, 0.2) is 6.61 Å². The zero-order valence-electron chi connectivity index (χ0n) is 12.9. The fourth-order valence-corrected chi connectivity index (χ4v) is 2.21. The lowest BCUT2D eigenvalue weighted by molar-refractivity contribution is -0.145. The Morgan fingerprint density at radius 2 is 1.87 bits per heavy atom. The van der Waals surface area contributed by atoms with Crippen LogP contribution in [0.5, 0.6) is 5.75 Å². The number of amides is 1. The Hall–Kier alpha value is -2.60. The van der Waals surface area contributed by atoms with Crippen molar-refractivity contribution >= 4 is 22.6 Å². The van der Waals surface area contributed by atoms with Crippen molar-refractivity contribution in [3.63, 3.8) is 0 Å². The molecule has 0 unspecified atom stereocenters. The molecule has 0 atom stereocenters. The first-order valence-electron chi connectivity index (χ1n) is 7.21. The molecule has 122 valence electrons. The van der Waals surface area contributed by atoms with Crippen molar-refractivity contribution in [1.29, 1.82) is 0 Å². The Morgan fingerprint density at radius 3 is 2.61 bits per heavy atom. The molecule has 1 amide bonds. The van der Waals surface area contributed by atoms with Gasteiger partial charge >= 0.3 is 5.97 Å². The van der Waals surface area contributed by atoms with Crippen molar-refractivity contribution in [3.8, 4) is 5.75 Å². The molecule has 2 aromatic rings. The Balaban J connectivity index is 2.04. The molecule has 23 heavy (non-hydrogen) atoms. The zero-order chi connectivity index (χ0) is 16.7. The molecule has 0 aromatic heterocycles. The van der Waals surface area contributed by atoms with Gasteiger partial charge in [-0.2, -0.15) is 0 Å². The Bertz CT molecular complexity index is 680. The number of fused-ring (bicyclic) bond motifs is 1. The first kappa shape index (κ1) is 16.8. The van der Waals surface area contributed by atoms with Gasteiger partial charge in [0.2, 0.25) is 0 Å². The summed E-state index contributed by atoms with van der Waals surface area (Å²) >= 11 is 0. The highest BCUT2D eigenvalue weighted by Gasteiger charge is 2.17. The summed E-state index contributed by atoms with van der Waals surface area (Å²) < 4.78 is 10.5. The zero-order valence-corrected chi connectivity index (χ0v) is 12.9. The number of benzene rings is 2. The fraction of sp³-hybridized carbons (Fsp3) is 0.294. The van der Waals surface area contributed by atoms with Crippen LogP contribution in [0.3, 0.4) is 0 Å². The van der Waals surface area contributed by atoms with E-state index in [1.54, 1.807) is 6.07 Å². The Labute approximate surface area is 134 Å². The number of carboxylic acid groups (broad SMARTS) is 1. The van der Waals surface area contributed by atoms with Gasteiger partial charge in [-0.05, 0) is 11.5 Å². The summed E-state index contributed by atoms with van der Waals surface area (Å²) in [6.45, 7) is -0.111. The number of ether oxygens (including phenoxy) is 2. The molecule has 0 saturated carbocycles. The molecule has 2 rings (SSSR count). The average molecular weight is 317 g/mol. The highest BCUT2D eigenvalue weighted by atomic mass is 16.5. The van der Waals surface area contributed by atoms with E-state index in [1.165, 1.54) is 12.0 Å². The van der Waals surface area contributed by atoms with E-state index in [0.717, 1.165) is 10.8 Å². The summed E-state index contributed by atoms with van der Waals surface area (Å²) in [6.07, 6.45) is 0. The smallest absolute Gasteiger partial charge is 0.323 e. The summed E-state index contributed by atoms with van der Waals surface area (Å²) in [6, 6.07) is 13.3. The van der Waals surface area contributed by atoms with Crippen molar-refractivity contribution in [2.75, 3.05) is 33.4 Å². The van der Waals surface area contributed by atoms with Gasteiger partial charge in [0.1, 0.15) is 12.3 Å². The lowest BCUT2D eigenvalue weighted by Crippen LogP contribution is -2.40. The first-order valence-corrected chi connectivity index (χ1v) is 7.21. The van der Waals surface area contributed by atoms with Gasteiger partial charge in [0.05, 0.1) is 6.61 Å². The quantitative estimate of drug-likeness (QED) is 0.803. The minimum atomic E-state index is -1.07.